The van der Waals surface area contributed by atoms with Crippen molar-refractivity contribution in [2.75, 3.05) is 0 Å². The molecule has 34 heavy (non-hydrogen) atoms. The summed E-state index contributed by atoms with van der Waals surface area (Å²) in [4.78, 5) is 20.2. The molecule has 0 spiro atoms. The number of benzene rings is 2. The molecular weight excluding hydrogens is 466 g/mol. The fourth-order valence-corrected chi connectivity index (χ4v) is 4.55. The largest absolute Gasteiger partial charge is 0.275 e. The van der Waals surface area contributed by atoms with Gasteiger partial charge < -0.3 is 0 Å². The van der Waals surface area contributed by atoms with E-state index in [-0.39, 0.29) is 0 Å². The standard InChI is InChI=1S/C27H26ClN3O2S/c1-5-18(3)26(24(28)6-2)34(33)31-30-27(32)23-13-11-19(4)21(16-23)14-12-20-15-22-9-7-8-10-25(22)29-17-20/h6-11,13,15-17,31H,5H2,1-4H3,(H,30,32)/b24-6+,26-18+. The normalized spacial score (nSPS) is 13.0. The molecule has 174 valence electrons. The van der Waals surface area contributed by atoms with E-state index in [1.165, 1.54) is 0 Å². The SMILES string of the molecule is C/C=C(Cl)\C(=C(\C)CC)S(=O)NNC(=O)c1ccc(C)c(C#Cc2cnc3ccccc3c2)c1. The molecule has 0 saturated carbocycles. The van der Waals surface area contributed by atoms with E-state index in [9.17, 15) is 9.00 Å². The van der Waals surface area contributed by atoms with Crippen LogP contribution in [0.25, 0.3) is 10.9 Å². The van der Waals surface area contributed by atoms with Crippen molar-refractivity contribution in [3.63, 3.8) is 0 Å². The number of pyridine rings is 1. The first-order chi connectivity index (χ1) is 16.3. The van der Waals surface area contributed by atoms with Crippen LogP contribution in [0.4, 0.5) is 0 Å². The molecule has 0 bridgehead atoms. The number of nitrogens with zero attached hydrogens (tertiary/aromatic N) is 1. The molecular formula is C27H26ClN3O2S. The number of allylic oxidation sites excluding steroid dienone is 3. The van der Waals surface area contributed by atoms with Crippen molar-refractivity contribution in [1.82, 2.24) is 15.2 Å². The van der Waals surface area contributed by atoms with E-state index in [2.05, 4.69) is 27.1 Å². The Bertz CT molecular complexity index is 1380. The Balaban J connectivity index is 1.77. The highest BCUT2D eigenvalue weighted by Gasteiger charge is 2.16. The van der Waals surface area contributed by atoms with Gasteiger partial charge in [0.05, 0.1) is 15.5 Å². The maximum atomic E-state index is 12.7. The Morgan fingerprint density at radius 1 is 1.18 bits per heavy atom. The maximum absolute atomic E-state index is 12.7. The molecule has 1 aromatic heterocycles. The van der Waals surface area contributed by atoms with Gasteiger partial charge in [-0.15, -0.1) is 4.83 Å². The Labute approximate surface area is 207 Å². The second-order valence-electron chi connectivity index (χ2n) is 7.62. The molecule has 3 aromatic rings. The number of rotatable bonds is 6. The van der Waals surface area contributed by atoms with Crippen LogP contribution in [0.3, 0.4) is 0 Å². The lowest BCUT2D eigenvalue weighted by atomic mass is 10.0. The Morgan fingerprint density at radius 3 is 2.68 bits per heavy atom. The lowest BCUT2D eigenvalue weighted by molar-refractivity contribution is 0.0946. The summed E-state index contributed by atoms with van der Waals surface area (Å²) in [7, 11) is -1.70. The number of aromatic nitrogens is 1. The van der Waals surface area contributed by atoms with E-state index in [0.29, 0.717) is 21.9 Å². The quantitative estimate of drug-likeness (QED) is 0.265. The number of aryl methyl sites for hydroxylation is 1. The predicted octanol–water partition coefficient (Wildman–Crippen LogP) is 5.67. The van der Waals surface area contributed by atoms with Crippen LogP contribution in [0.15, 0.2) is 76.3 Å². The van der Waals surface area contributed by atoms with Gasteiger partial charge in [-0.2, -0.15) is 0 Å². The number of hydrazine groups is 1. The fraction of sp³-hybridized carbons (Fsp3) is 0.185. The first-order valence-electron chi connectivity index (χ1n) is 10.8. The summed E-state index contributed by atoms with van der Waals surface area (Å²) in [5.74, 6) is 5.84. The van der Waals surface area contributed by atoms with Gasteiger partial charge in [-0.3, -0.25) is 15.2 Å². The molecule has 0 saturated heterocycles. The maximum Gasteiger partial charge on any atom is 0.266 e. The molecule has 1 unspecified atom stereocenters. The Hall–Kier alpha value is -3.24. The molecule has 0 aliphatic carbocycles. The van der Waals surface area contributed by atoms with Crippen molar-refractivity contribution in [1.29, 1.82) is 0 Å². The number of carbonyl (C=O) groups excluding carboxylic acids is 1. The van der Waals surface area contributed by atoms with Crippen LogP contribution < -0.4 is 10.3 Å². The van der Waals surface area contributed by atoms with Crippen molar-refractivity contribution in [3.8, 4) is 11.8 Å². The van der Waals surface area contributed by atoms with E-state index in [0.717, 1.165) is 33.2 Å². The molecule has 2 aromatic carbocycles. The van der Waals surface area contributed by atoms with Crippen LogP contribution in [0.5, 0.6) is 0 Å². The zero-order chi connectivity index (χ0) is 24.7. The van der Waals surface area contributed by atoms with Crippen LogP contribution in [-0.2, 0) is 11.0 Å². The summed E-state index contributed by atoms with van der Waals surface area (Å²) in [6.45, 7) is 7.51. The first-order valence-corrected chi connectivity index (χ1v) is 12.3. The average molecular weight is 492 g/mol. The monoisotopic (exact) mass is 491 g/mol. The Morgan fingerprint density at radius 2 is 1.94 bits per heavy atom. The second kappa shape index (κ2) is 11.8. The summed E-state index contributed by atoms with van der Waals surface area (Å²) in [5, 5.41) is 1.40. The number of halogens is 1. The molecule has 3 rings (SSSR count). The third-order valence-corrected chi connectivity index (χ3v) is 7.01. The van der Waals surface area contributed by atoms with Crippen molar-refractivity contribution in [2.24, 2.45) is 0 Å². The number of hydrogen-bond donors (Lipinski definition) is 2. The topological polar surface area (TPSA) is 71.1 Å². The summed E-state index contributed by atoms with van der Waals surface area (Å²) in [5.41, 5.74) is 7.15. The van der Waals surface area contributed by atoms with Gasteiger partial charge >= 0.3 is 0 Å². The third kappa shape index (κ3) is 6.21. The zero-order valence-corrected chi connectivity index (χ0v) is 21.1. The fourth-order valence-electron chi connectivity index (χ4n) is 3.14. The number of para-hydroxylation sites is 1. The molecule has 0 aliphatic rings. The number of amides is 1. The molecule has 1 atom stereocenters. The van der Waals surface area contributed by atoms with Crippen LogP contribution in [0.2, 0.25) is 0 Å². The van der Waals surface area contributed by atoms with Crippen LogP contribution in [-0.4, -0.2) is 15.1 Å². The van der Waals surface area contributed by atoms with Gasteiger partial charge in [0.15, 0.2) is 0 Å². The minimum absolute atomic E-state index is 0.385. The molecule has 1 heterocycles. The smallest absolute Gasteiger partial charge is 0.266 e. The van der Waals surface area contributed by atoms with Gasteiger partial charge in [-0.25, -0.2) is 4.21 Å². The molecule has 2 N–H and O–H groups in total. The Kier molecular flexibility index (Phi) is 8.78. The van der Waals surface area contributed by atoms with Crippen LogP contribution >= 0.6 is 11.6 Å². The number of hydrogen-bond acceptors (Lipinski definition) is 3. The third-order valence-electron chi connectivity index (χ3n) is 5.26. The summed E-state index contributed by atoms with van der Waals surface area (Å²) in [6, 6.07) is 15.1. The number of fused-ring (bicyclic) bond motifs is 1. The van der Waals surface area contributed by atoms with E-state index in [1.807, 2.05) is 57.2 Å². The zero-order valence-electron chi connectivity index (χ0n) is 19.5. The average Bonchev–Trinajstić information content (AvgIpc) is 2.86. The molecule has 5 nitrogen and oxygen atoms in total. The van der Waals surface area contributed by atoms with E-state index in [1.54, 1.807) is 31.3 Å². The number of nitrogens with one attached hydrogen (secondary N) is 2. The minimum atomic E-state index is -1.70. The van der Waals surface area contributed by atoms with Crippen molar-refractivity contribution >= 4 is 39.4 Å². The van der Waals surface area contributed by atoms with E-state index < -0.39 is 16.9 Å². The van der Waals surface area contributed by atoms with Crippen LogP contribution in [0, 0.1) is 18.8 Å². The highest BCUT2D eigenvalue weighted by atomic mass is 35.5. The van der Waals surface area contributed by atoms with Gasteiger partial charge in [0.25, 0.3) is 5.91 Å². The highest BCUT2D eigenvalue weighted by molar-refractivity contribution is 7.87. The van der Waals surface area contributed by atoms with Crippen molar-refractivity contribution in [2.45, 2.75) is 34.1 Å². The summed E-state index contributed by atoms with van der Waals surface area (Å²) >= 11 is 6.23. The summed E-state index contributed by atoms with van der Waals surface area (Å²) < 4.78 is 12.7. The predicted molar refractivity (Wildman–Crippen MR) is 140 cm³/mol. The molecule has 0 fully saturated rings. The van der Waals surface area contributed by atoms with Gasteiger partial charge in [-0.05, 0) is 57.0 Å². The number of carbonyl (C=O) groups is 1. The van der Waals surface area contributed by atoms with Gasteiger partial charge in [-0.1, -0.05) is 66.3 Å². The molecule has 0 radical (unpaired) electrons. The van der Waals surface area contributed by atoms with Crippen molar-refractivity contribution < 1.29 is 9.00 Å². The van der Waals surface area contributed by atoms with E-state index in [4.69, 9.17) is 11.6 Å². The van der Waals surface area contributed by atoms with Crippen LogP contribution in [0.1, 0.15) is 54.2 Å². The van der Waals surface area contributed by atoms with Gasteiger partial charge in [0.2, 0.25) is 0 Å². The first kappa shape index (κ1) is 25.4. The lowest BCUT2D eigenvalue weighted by Crippen LogP contribution is -2.39. The van der Waals surface area contributed by atoms with Gasteiger partial charge in [0.1, 0.15) is 11.0 Å². The highest BCUT2D eigenvalue weighted by Crippen LogP contribution is 2.23. The second-order valence-corrected chi connectivity index (χ2v) is 9.18. The summed E-state index contributed by atoms with van der Waals surface area (Å²) in [6.07, 6.45) is 4.10. The lowest BCUT2D eigenvalue weighted by Gasteiger charge is -2.12. The van der Waals surface area contributed by atoms with E-state index >= 15 is 0 Å². The molecule has 7 heteroatoms. The molecule has 1 amide bonds. The van der Waals surface area contributed by atoms with Gasteiger partial charge in [0, 0.05) is 28.3 Å². The molecule has 0 aliphatic heterocycles. The minimum Gasteiger partial charge on any atom is -0.275 e. The van der Waals surface area contributed by atoms with Crippen molar-refractivity contribution in [3.05, 3.63) is 98.6 Å².